The quantitative estimate of drug-likeness (QED) is 0.455. The van der Waals surface area contributed by atoms with Gasteiger partial charge in [0.1, 0.15) is 0 Å². The van der Waals surface area contributed by atoms with E-state index in [2.05, 4.69) is 5.32 Å². The number of carbonyl (C=O) groups is 3. The van der Waals surface area contributed by atoms with Crippen LogP contribution in [0.5, 0.6) is 11.5 Å². The van der Waals surface area contributed by atoms with Crippen LogP contribution in [0.25, 0.3) is 0 Å². The molecule has 0 bridgehead atoms. The molecule has 1 N–H and O–H groups in total. The normalized spacial score (nSPS) is 12.7. The van der Waals surface area contributed by atoms with Gasteiger partial charge >= 0.3 is 5.97 Å². The predicted octanol–water partition coefficient (Wildman–Crippen LogP) is 3.51. The van der Waals surface area contributed by atoms with Crippen molar-refractivity contribution in [3.05, 3.63) is 95.1 Å². The fourth-order valence-corrected chi connectivity index (χ4v) is 3.18. The maximum Gasteiger partial charge on any atom is 0.338 e. The van der Waals surface area contributed by atoms with Crippen molar-refractivity contribution >= 4 is 17.7 Å². The lowest BCUT2D eigenvalue weighted by Gasteiger charge is -2.14. The summed E-state index contributed by atoms with van der Waals surface area (Å²) in [5.41, 5.74) is 2.11. The molecule has 0 unspecified atom stereocenters. The van der Waals surface area contributed by atoms with E-state index < -0.39 is 18.0 Å². The van der Waals surface area contributed by atoms with E-state index >= 15 is 0 Å². The van der Waals surface area contributed by atoms with E-state index in [0.29, 0.717) is 22.6 Å². The van der Waals surface area contributed by atoms with Gasteiger partial charge in [0.15, 0.2) is 23.4 Å². The molecule has 0 saturated heterocycles. The van der Waals surface area contributed by atoms with Gasteiger partial charge in [-0.25, -0.2) is 4.79 Å². The molecule has 0 aromatic heterocycles. The van der Waals surface area contributed by atoms with Crippen LogP contribution in [0.4, 0.5) is 0 Å². The van der Waals surface area contributed by atoms with E-state index in [1.54, 1.807) is 48.5 Å². The number of ketones is 1. The van der Waals surface area contributed by atoms with Gasteiger partial charge in [0.25, 0.3) is 5.91 Å². The summed E-state index contributed by atoms with van der Waals surface area (Å²) < 4.78 is 15.8. The summed E-state index contributed by atoms with van der Waals surface area (Å²) in [7, 11) is 0. The second-order valence-electron chi connectivity index (χ2n) is 7.23. The van der Waals surface area contributed by atoms with Crippen LogP contribution in [0.15, 0.2) is 72.8 Å². The zero-order valence-corrected chi connectivity index (χ0v) is 17.4. The van der Waals surface area contributed by atoms with Crippen LogP contribution >= 0.6 is 0 Å². The monoisotopic (exact) mass is 431 g/mol. The Morgan fingerprint density at radius 2 is 1.53 bits per heavy atom. The Kier molecular flexibility index (Phi) is 6.17. The summed E-state index contributed by atoms with van der Waals surface area (Å²) in [6.07, 6.45) is -0.984. The Hall–Kier alpha value is -4.13. The smallest absolute Gasteiger partial charge is 0.338 e. The Balaban J connectivity index is 1.30. The maximum absolute atomic E-state index is 12.5. The highest BCUT2D eigenvalue weighted by molar-refractivity contribution is 6.09. The van der Waals surface area contributed by atoms with Crippen molar-refractivity contribution in [3.8, 4) is 11.5 Å². The third-order valence-corrected chi connectivity index (χ3v) is 4.98. The zero-order chi connectivity index (χ0) is 22.5. The van der Waals surface area contributed by atoms with E-state index in [-0.39, 0.29) is 24.7 Å². The number of ether oxygens (including phenoxy) is 3. The molecule has 32 heavy (non-hydrogen) atoms. The highest BCUT2D eigenvalue weighted by atomic mass is 16.7. The van der Waals surface area contributed by atoms with Gasteiger partial charge in [-0.1, -0.05) is 48.5 Å². The molecule has 7 heteroatoms. The summed E-state index contributed by atoms with van der Waals surface area (Å²) in [6.45, 7) is 1.94. The average molecular weight is 431 g/mol. The van der Waals surface area contributed by atoms with Gasteiger partial charge in [-0.2, -0.15) is 0 Å². The largest absolute Gasteiger partial charge is 0.454 e. The van der Waals surface area contributed by atoms with Crippen LogP contribution < -0.4 is 14.8 Å². The highest BCUT2D eigenvalue weighted by Gasteiger charge is 2.20. The van der Waals surface area contributed by atoms with E-state index in [9.17, 15) is 14.4 Å². The van der Waals surface area contributed by atoms with Crippen LogP contribution in [0, 0.1) is 0 Å². The third kappa shape index (κ3) is 4.78. The van der Waals surface area contributed by atoms with Crippen molar-refractivity contribution in [2.24, 2.45) is 0 Å². The molecule has 0 aliphatic carbocycles. The fraction of sp³-hybridized carbons (Fsp3) is 0.160. The minimum absolute atomic E-state index is 0.137. The molecule has 4 rings (SSSR count). The summed E-state index contributed by atoms with van der Waals surface area (Å²) in [5, 5.41) is 2.73. The maximum atomic E-state index is 12.5. The molecule has 0 radical (unpaired) electrons. The van der Waals surface area contributed by atoms with E-state index in [4.69, 9.17) is 14.2 Å². The third-order valence-electron chi connectivity index (χ3n) is 4.98. The molecule has 1 atom stereocenters. The Labute approximate surface area is 184 Å². The number of esters is 1. The molecule has 1 heterocycles. The van der Waals surface area contributed by atoms with Crippen molar-refractivity contribution < 1.29 is 28.6 Å². The second kappa shape index (κ2) is 9.34. The van der Waals surface area contributed by atoms with Crippen molar-refractivity contribution in [2.75, 3.05) is 6.79 Å². The number of nitrogens with one attached hydrogen (secondary N) is 1. The number of fused-ring (bicyclic) bond motifs is 1. The Bertz CT molecular complexity index is 1140. The molecule has 3 aromatic carbocycles. The van der Waals surface area contributed by atoms with Crippen LogP contribution in [-0.4, -0.2) is 30.6 Å². The molecule has 3 aromatic rings. The Morgan fingerprint density at radius 3 is 2.28 bits per heavy atom. The van der Waals surface area contributed by atoms with E-state index in [1.165, 1.54) is 19.1 Å². The van der Waals surface area contributed by atoms with Gasteiger partial charge < -0.3 is 19.5 Å². The topological polar surface area (TPSA) is 90.9 Å². The summed E-state index contributed by atoms with van der Waals surface area (Å²) in [5.74, 6) is 0.0902. The van der Waals surface area contributed by atoms with Gasteiger partial charge in [0.2, 0.25) is 6.79 Å². The fourth-order valence-electron chi connectivity index (χ4n) is 3.18. The molecule has 0 fully saturated rings. The molecule has 162 valence electrons. The van der Waals surface area contributed by atoms with E-state index in [1.807, 2.05) is 12.1 Å². The van der Waals surface area contributed by atoms with Crippen molar-refractivity contribution in [1.29, 1.82) is 0 Å². The molecular weight excluding hydrogens is 410 g/mol. The van der Waals surface area contributed by atoms with Crippen LogP contribution in [-0.2, 0) is 16.1 Å². The predicted molar refractivity (Wildman–Crippen MR) is 116 cm³/mol. The van der Waals surface area contributed by atoms with Crippen LogP contribution in [0.2, 0.25) is 0 Å². The van der Waals surface area contributed by atoms with Gasteiger partial charge in [-0.05, 0) is 36.8 Å². The number of hydrogen-bond acceptors (Lipinski definition) is 6. The molecule has 1 amide bonds. The number of carbonyl (C=O) groups excluding carboxylic acids is 3. The van der Waals surface area contributed by atoms with Gasteiger partial charge in [-0.15, -0.1) is 0 Å². The molecule has 0 spiro atoms. The number of benzene rings is 3. The number of hydrogen-bond donors (Lipinski definition) is 1. The zero-order valence-electron chi connectivity index (χ0n) is 17.4. The molecule has 1 aliphatic rings. The number of rotatable bonds is 7. The summed E-state index contributed by atoms with van der Waals surface area (Å²) in [4.78, 5) is 37.2. The minimum Gasteiger partial charge on any atom is -0.454 e. The lowest BCUT2D eigenvalue weighted by molar-refractivity contribution is -0.129. The lowest BCUT2D eigenvalue weighted by atomic mass is 10.0. The van der Waals surface area contributed by atoms with Gasteiger partial charge in [-0.3, -0.25) is 9.59 Å². The molecule has 7 nitrogen and oxygen atoms in total. The standard InChI is InChI=1S/C25H21NO6/c1-16(24(28)26-14-17-7-12-21-22(13-17)31-15-30-21)32-25(29)20-10-8-19(9-11-20)23(27)18-5-3-2-4-6-18/h2-13,16H,14-15H2,1H3,(H,26,28)/t16-/m1/s1. The highest BCUT2D eigenvalue weighted by Crippen LogP contribution is 2.32. The average Bonchev–Trinajstić information content (AvgIpc) is 3.30. The first-order valence-corrected chi connectivity index (χ1v) is 10.1. The van der Waals surface area contributed by atoms with Crippen molar-refractivity contribution in [3.63, 3.8) is 0 Å². The molecule has 1 aliphatic heterocycles. The Morgan fingerprint density at radius 1 is 0.875 bits per heavy atom. The van der Waals surface area contributed by atoms with Gasteiger partial charge in [0, 0.05) is 17.7 Å². The second-order valence-corrected chi connectivity index (χ2v) is 7.23. The number of amides is 1. The molecule has 0 saturated carbocycles. The first kappa shape index (κ1) is 21.1. The SMILES string of the molecule is C[C@@H](OC(=O)c1ccc(C(=O)c2ccccc2)cc1)C(=O)NCc1ccc2c(c1)OCO2. The summed E-state index contributed by atoms with van der Waals surface area (Å²) >= 11 is 0. The minimum atomic E-state index is -0.984. The van der Waals surface area contributed by atoms with Crippen LogP contribution in [0.3, 0.4) is 0 Å². The van der Waals surface area contributed by atoms with Crippen molar-refractivity contribution in [1.82, 2.24) is 5.32 Å². The molecular formula is C25H21NO6. The first-order valence-electron chi connectivity index (χ1n) is 10.1. The van der Waals surface area contributed by atoms with Crippen molar-refractivity contribution in [2.45, 2.75) is 19.6 Å². The van der Waals surface area contributed by atoms with E-state index in [0.717, 1.165) is 5.56 Å². The van der Waals surface area contributed by atoms with Crippen LogP contribution in [0.1, 0.15) is 38.8 Å². The van der Waals surface area contributed by atoms with Gasteiger partial charge in [0.05, 0.1) is 5.56 Å². The lowest BCUT2D eigenvalue weighted by Crippen LogP contribution is -2.35. The first-order chi connectivity index (χ1) is 15.5. The summed E-state index contributed by atoms with van der Waals surface area (Å²) in [6, 6.07) is 20.4.